The molecule has 2 atom stereocenters. The van der Waals surface area contributed by atoms with Crippen LogP contribution in [-0.4, -0.2) is 71.7 Å². The van der Waals surface area contributed by atoms with Crippen LogP contribution in [0.5, 0.6) is 0 Å². The fourth-order valence-corrected chi connectivity index (χ4v) is 5.81. The van der Waals surface area contributed by atoms with Gasteiger partial charge < -0.3 is 14.7 Å². The summed E-state index contributed by atoms with van der Waals surface area (Å²) in [5, 5.41) is 0. The minimum absolute atomic E-state index is 0.0600. The highest BCUT2D eigenvalue weighted by molar-refractivity contribution is 5.95. The molecule has 0 unspecified atom stereocenters. The lowest BCUT2D eigenvalue weighted by atomic mass is 9.83. The first-order valence-corrected chi connectivity index (χ1v) is 13.5. The zero-order valence-electron chi connectivity index (χ0n) is 23.2. The van der Waals surface area contributed by atoms with Gasteiger partial charge in [-0.15, -0.1) is 0 Å². The second kappa shape index (κ2) is 12.1. The molecule has 0 bridgehead atoms. The van der Waals surface area contributed by atoms with Gasteiger partial charge in [0.15, 0.2) is 11.6 Å². The summed E-state index contributed by atoms with van der Waals surface area (Å²) in [6.07, 6.45) is -9.41. The normalized spacial score (nSPS) is 20.2. The standard InChI is InChI=1S/C29H29F8N3O3/c1-16(41)39-8-5-17(6-9-39)27(43)40-10-7-25(22(15-40)18-3-4-23(30)24(31)13-18)38(2)26(42)19-11-20(28(32,33)34)14-21(12-19)29(35,36)37/h3-4,11-14,17,22,25H,5-10,15H2,1-2H3/t22-,25+/m0/s1. The molecule has 4 rings (SSSR count). The minimum atomic E-state index is -5.16. The molecule has 0 aliphatic carbocycles. The molecule has 0 radical (unpaired) electrons. The van der Waals surface area contributed by atoms with Gasteiger partial charge in [0.1, 0.15) is 0 Å². The number of halogens is 8. The molecule has 14 heteroatoms. The minimum Gasteiger partial charge on any atom is -0.343 e. The van der Waals surface area contributed by atoms with Crippen molar-refractivity contribution in [2.75, 3.05) is 33.2 Å². The van der Waals surface area contributed by atoms with Gasteiger partial charge in [0.2, 0.25) is 11.8 Å². The Morgan fingerprint density at radius 2 is 1.35 bits per heavy atom. The summed E-state index contributed by atoms with van der Waals surface area (Å²) >= 11 is 0. The Balaban J connectivity index is 1.63. The Kier molecular flexibility index (Phi) is 9.08. The van der Waals surface area contributed by atoms with Gasteiger partial charge in [-0.2, -0.15) is 26.3 Å². The highest BCUT2D eigenvalue weighted by Gasteiger charge is 2.41. The molecule has 2 aliphatic heterocycles. The van der Waals surface area contributed by atoms with Crippen LogP contribution in [0.4, 0.5) is 35.1 Å². The number of alkyl halides is 6. The van der Waals surface area contributed by atoms with Crippen LogP contribution in [0.15, 0.2) is 36.4 Å². The molecule has 0 saturated carbocycles. The third-order valence-corrected chi connectivity index (χ3v) is 8.20. The largest absolute Gasteiger partial charge is 0.416 e. The predicted molar refractivity (Wildman–Crippen MR) is 138 cm³/mol. The third-order valence-electron chi connectivity index (χ3n) is 8.20. The fraction of sp³-hybridized carbons (Fsp3) is 0.483. The molecular formula is C29H29F8N3O3. The summed E-state index contributed by atoms with van der Waals surface area (Å²) in [6, 6.07) is 2.75. The first-order valence-electron chi connectivity index (χ1n) is 13.5. The Labute approximate surface area is 242 Å². The van der Waals surface area contributed by atoms with Gasteiger partial charge in [-0.3, -0.25) is 14.4 Å². The van der Waals surface area contributed by atoms with E-state index in [4.69, 9.17) is 0 Å². The van der Waals surface area contributed by atoms with Gasteiger partial charge in [0.25, 0.3) is 5.91 Å². The van der Waals surface area contributed by atoms with E-state index in [1.54, 1.807) is 4.90 Å². The first kappa shape index (κ1) is 32.2. The Hall–Kier alpha value is -3.71. The summed E-state index contributed by atoms with van der Waals surface area (Å²) in [5.41, 5.74) is -3.93. The zero-order chi connectivity index (χ0) is 31.9. The van der Waals surface area contributed by atoms with E-state index >= 15 is 0 Å². The maximum Gasteiger partial charge on any atom is 0.416 e. The van der Waals surface area contributed by atoms with Crippen molar-refractivity contribution in [2.24, 2.45) is 5.92 Å². The van der Waals surface area contributed by atoms with E-state index in [9.17, 15) is 49.5 Å². The van der Waals surface area contributed by atoms with Crippen LogP contribution in [0.2, 0.25) is 0 Å². The molecule has 2 aromatic carbocycles. The van der Waals surface area contributed by atoms with E-state index in [-0.39, 0.29) is 43.0 Å². The number of hydrogen-bond donors (Lipinski definition) is 0. The summed E-state index contributed by atoms with van der Waals surface area (Å²) in [4.78, 5) is 42.6. The Morgan fingerprint density at radius 1 is 0.791 bits per heavy atom. The van der Waals surface area contributed by atoms with E-state index in [1.165, 1.54) is 24.9 Å². The van der Waals surface area contributed by atoms with Gasteiger partial charge in [-0.1, -0.05) is 6.07 Å². The van der Waals surface area contributed by atoms with E-state index in [0.717, 1.165) is 17.0 Å². The number of carbonyl (C=O) groups is 3. The number of rotatable bonds is 4. The molecule has 0 N–H and O–H groups in total. The SMILES string of the molecule is CC(=O)N1CCC(C(=O)N2CC[C@@H](N(C)C(=O)c3cc(C(F)(F)F)cc(C(F)(F)F)c3)[C@H](c3ccc(F)c(F)c3)C2)CC1. The lowest BCUT2D eigenvalue weighted by molar-refractivity contribution is -0.143. The topological polar surface area (TPSA) is 60.9 Å². The molecule has 0 spiro atoms. The second-order valence-electron chi connectivity index (χ2n) is 10.9. The predicted octanol–water partition coefficient (Wildman–Crippen LogP) is 5.72. The number of likely N-dealkylation sites (tertiary alicyclic amines) is 2. The number of amides is 3. The van der Waals surface area contributed by atoms with Crippen molar-refractivity contribution in [1.29, 1.82) is 0 Å². The quantitative estimate of drug-likeness (QED) is 0.412. The third kappa shape index (κ3) is 7.10. The summed E-state index contributed by atoms with van der Waals surface area (Å²) in [5.74, 6) is -5.05. The number of nitrogens with zero attached hydrogens (tertiary/aromatic N) is 3. The molecule has 3 amide bonds. The summed E-state index contributed by atoms with van der Waals surface area (Å²) in [7, 11) is 1.21. The van der Waals surface area contributed by atoms with Crippen molar-refractivity contribution < 1.29 is 49.5 Å². The second-order valence-corrected chi connectivity index (χ2v) is 10.9. The number of hydrogen-bond acceptors (Lipinski definition) is 3. The van der Waals surface area contributed by atoms with Crippen LogP contribution >= 0.6 is 0 Å². The zero-order valence-corrected chi connectivity index (χ0v) is 23.2. The van der Waals surface area contributed by atoms with Gasteiger partial charge >= 0.3 is 12.4 Å². The number of likely N-dealkylation sites (N-methyl/N-ethyl adjacent to an activating group) is 1. The van der Waals surface area contributed by atoms with Crippen molar-refractivity contribution in [3.05, 3.63) is 70.3 Å². The number of piperidine rings is 2. The molecule has 2 fully saturated rings. The van der Waals surface area contributed by atoms with Crippen molar-refractivity contribution in [3.63, 3.8) is 0 Å². The molecule has 2 heterocycles. The van der Waals surface area contributed by atoms with Crippen LogP contribution < -0.4 is 0 Å². The van der Waals surface area contributed by atoms with Gasteiger partial charge in [-0.25, -0.2) is 8.78 Å². The van der Waals surface area contributed by atoms with Gasteiger partial charge in [0, 0.05) is 63.6 Å². The molecule has 2 saturated heterocycles. The average Bonchev–Trinajstić information content (AvgIpc) is 2.96. The highest BCUT2D eigenvalue weighted by Crippen LogP contribution is 2.38. The number of carbonyl (C=O) groups excluding carboxylic acids is 3. The van der Waals surface area contributed by atoms with Crippen molar-refractivity contribution >= 4 is 17.7 Å². The van der Waals surface area contributed by atoms with Crippen molar-refractivity contribution in [2.45, 2.75) is 50.5 Å². The average molecular weight is 620 g/mol. The van der Waals surface area contributed by atoms with Crippen LogP contribution in [0, 0.1) is 17.6 Å². The maximum absolute atomic E-state index is 14.3. The van der Waals surface area contributed by atoms with Gasteiger partial charge in [-0.05, 0) is 55.2 Å². The molecule has 234 valence electrons. The van der Waals surface area contributed by atoms with Crippen LogP contribution in [0.25, 0.3) is 0 Å². The van der Waals surface area contributed by atoms with E-state index < -0.39 is 64.5 Å². The smallest absolute Gasteiger partial charge is 0.343 e. The monoisotopic (exact) mass is 619 g/mol. The molecule has 0 aromatic heterocycles. The molecule has 43 heavy (non-hydrogen) atoms. The van der Waals surface area contributed by atoms with E-state index in [1.807, 2.05) is 0 Å². The number of benzene rings is 2. The van der Waals surface area contributed by atoms with E-state index in [0.29, 0.717) is 38.1 Å². The summed E-state index contributed by atoms with van der Waals surface area (Å²) < 4.78 is 109. The van der Waals surface area contributed by atoms with E-state index in [2.05, 4.69) is 0 Å². The molecular weight excluding hydrogens is 590 g/mol. The van der Waals surface area contributed by atoms with Gasteiger partial charge in [0.05, 0.1) is 11.1 Å². The fourth-order valence-electron chi connectivity index (χ4n) is 5.81. The van der Waals surface area contributed by atoms with Crippen LogP contribution in [0.1, 0.15) is 59.2 Å². The molecule has 2 aliphatic rings. The first-order chi connectivity index (χ1) is 20.0. The lowest BCUT2D eigenvalue weighted by Gasteiger charge is -2.44. The molecule has 6 nitrogen and oxygen atoms in total. The lowest BCUT2D eigenvalue weighted by Crippen LogP contribution is -2.53. The molecule has 2 aromatic rings. The van der Waals surface area contributed by atoms with Crippen LogP contribution in [0.3, 0.4) is 0 Å². The highest BCUT2D eigenvalue weighted by atomic mass is 19.4. The van der Waals surface area contributed by atoms with Crippen LogP contribution in [-0.2, 0) is 21.9 Å². The summed E-state index contributed by atoms with van der Waals surface area (Å²) in [6.45, 7) is 2.26. The Bertz CT molecular complexity index is 1350. The maximum atomic E-state index is 14.3. The Morgan fingerprint density at radius 3 is 1.86 bits per heavy atom. The van der Waals surface area contributed by atoms with Crippen molar-refractivity contribution in [3.8, 4) is 0 Å². The van der Waals surface area contributed by atoms with Crippen molar-refractivity contribution in [1.82, 2.24) is 14.7 Å².